The minimum Gasteiger partial charge on any atom is -0.0776 e. The molecule has 0 spiro atoms. The second-order valence-electron chi connectivity index (χ2n) is 2.47. The van der Waals surface area contributed by atoms with E-state index in [0.29, 0.717) is 0 Å². The van der Waals surface area contributed by atoms with Gasteiger partial charge in [-0.3, -0.25) is 0 Å². The second-order valence-corrected chi connectivity index (χ2v) is 2.47. The lowest BCUT2D eigenvalue weighted by atomic mass is 10.0. The van der Waals surface area contributed by atoms with Gasteiger partial charge in [0.2, 0.25) is 0 Å². The summed E-state index contributed by atoms with van der Waals surface area (Å²) < 4.78 is 0. The summed E-state index contributed by atoms with van der Waals surface area (Å²) in [6.07, 6.45) is 10.5. The van der Waals surface area contributed by atoms with Gasteiger partial charge in [-0.25, -0.2) is 0 Å². The summed E-state index contributed by atoms with van der Waals surface area (Å²) in [6, 6.07) is 0. The van der Waals surface area contributed by atoms with E-state index in [9.17, 15) is 0 Å². The maximum atomic E-state index is 1.50. The Kier molecular flexibility index (Phi) is 10.4. The van der Waals surface area contributed by atoms with Crippen LogP contribution in [0.2, 0.25) is 0 Å². The van der Waals surface area contributed by atoms with Crippen molar-refractivity contribution in [3.05, 3.63) is 0 Å². The molecule has 0 N–H and O–H groups in total. The van der Waals surface area contributed by atoms with Crippen LogP contribution in [0, 0.1) is 0 Å². The molecular formula is C9H22. The molecule has 0 aromatic carbocycles. The number of hydrogen-bond acceptors (Lipinski definition) is 0. The molecule has 0 heterocycles. The molecule has 0 aromatic heterocycles. The molecule has 2 aliphatic carbocycles. The molecule has 0 atom stereocenters. The fourth-order valence-corrected chi connectivity index (χ4v) is 0.250. The topological polar surface area (TPSA) is 0 Å². The Labute approximate surface area is 60.7 Å². The van der Waals surface area contributed by atoms with Crippen LogP contribution in [0.25, 0.3) is 0 Å². The molecule has 0 bridgehead atoms. The van der Waals surface area contributed by atoms with Crippen molar-refractivity contribution < 1.29 is 0 Å². The van der Waals surface area contributed by atoms with Gasteiger partial charge in [-0.1, -0.05) is 59.8 Å². The highest BCUT2D eigenvalue weighted by molar-refractivity contribution is 4.51. The van der Waals surface area contributed by atoms with E-state index in [1.54, 1.807) is 0 Å². The number of hydrogen-bond donors (Lipinski definition) is 0. The molecule has 2 aliphatic rings. The molecule has 0 amide bonds. The zero-order chi connectivity index (χ0) is 4.95. The Hall–Kier alpha value is 0. The van der Waals surface area contributed by atoms with Gasteiger partial charge in [0.05, 0.1) is 0 Å². The second kappa shape index (κ2) is 8.00. The van der Waals surface area contributed by atoms with Gasteiger partial charge >= 0.3 is 0 Å². The van der Waals surface area contributed by atoms with Crippen LogP contribution in [0.4, 0.5) is 0 Å². The maximum absolute atomic E-state index is 1.50. The van der Waals surface area contributed by atoms with E-state index in [1.807, 2.05) is 0 Å². The standard InChI is InChI=1S/C4H8.C3H6.2CH4/c1-2-4-3-1;1-2-3-1;;/h1-4H2;1-3H2;2*1H4. The lowest BCUT2D eigenvalue weighted by Gasteiger charge is -2.05. The van der Waals surface area contributed by atoms with Crippen molar-refractivity contribution in [1.29, 1.82) is 0 Å². The van der Waals surface area contributed by atoms with Crippen molar-refractivity contribution in [3.8, 4) is 0 Å². The van der Waals surface area contributed by atoms with Gasteiger partial charge in [0, 0.05) is 0 Å². The van der Waals surface area contributed by atoms with Gasteiger partial charge in [-0.2, -0.15) is 0 Å². The van der Waals surface area contributed by atoms with Gasteiger partial charge in [0.1, 0.15) is 0 Å². The van der Waals surface area contributed by atoms with Crippen LogP contribution in [-0.2, 0) is 0 Å². The molecule has 0 nitrogen and oxygen atoms in total. The molecule has 2 fully saturated rings. The van der Waals surface area contributed by atoms with Crippen LogP contribution in [0.15, 0.2) is 0 Å². The molecule has 58 valence electrons. The molecule has 0 unspecified atom stereocenters. The SMILES string of the molecule is C.C.C1CC1.C1CCC1. The van der Waals surface area contributed by atoms with Crippen molar-refractivity contribution in [2.24, 2.45) is 0 Å². The van der Waals surface area contributed by atoms with Crippen molar-refractivity contribution in [2.45, 2.75) is 59.8 Å². The normalized spacial score (nSPS) is 18.7. The van der Waals surface area contributed by atoms with E-state index in [0.717, 1.165) is 0 Å². The summed E-state index contributed by atoms with van der Waals surface area (Å²) in [7, 11) is 0. The summed E-state index contributed by atoms with van der Waals surface area (Å²) in [5, 5.41) is 0. The van der Waals surface area contributed by atoms with E-state index in [-0.39, 0.29) is 14.9 Å². The van der Waals surface area contributed by atoms with Crippen LogP contribution in [0.5, 0.6) is 0 Å². The molecule has 0 saturated heterocycles. The van der Waals surface area contributed by atoms with Gasteiger partial charge in [-0.15, -0.1) is 0 Å². The van der Waals surface area contributed by atoms with Crippen LogP contribution in [-0.4, -0.2) is 0 Å². The van der Waals surface area contributed by atoms with Crippen molar-refractivity contribution >= 4 is 0 Å². The van der Waals surface area contributed by atoms with Crippen molar-refractivity contribution in [2.75, 3.05) is 0 Å². The molecule has 2 rings (SSSR count). The molecule has 0 aromatic rings. The predicted molar refractivity (Wildman–Crippen MR) is 45.8 cm³/mol. The first-order valence-corrected chi connectivity index (χ1v) is 3.50. The van der Waals surface area contributed by atoms with Gasteiger partial charge in [-0.05, 0) is 0 Å². The summed E-state index contributed by atoms with van der Waals surface area (Å²) in [4.78, 5) is 0. The molecule has 2 saturated carbocycles. The van der Waals surface area contributed by atoms with Gasteiger partial charge in [0.15, 0.2) is 0 Å². The summed E-state index contributed by atoms with van der Waals surface area (Å²) >= 11 is 0. The summed E-state index contributed by atoms with van der Waals surface area (Å²) in [6.45, 7) is 0. The van der Waals surface area contributed by atoms with Crippen LogP contribution < -0.4 is 0 Å². The zero-order valence-corrected chi connectivity index (χ0v) is 4.95. The van der Waals surface area contributed by atoms with Crippen molar-refractivity contribution in [1.82, 2.24) is 0 Å². The van der Waals surface area contributed by atoms with Crippen LogP contribution >= 0.6 is 0 Å². The molecule has 0 radical (unpaired) electrons. The first-order chi connectivity index (χ1) is 3.50. The smallest absolute Gasteiger partial charge is 0.0533 e. The highest BCUT2D eigenvalue weighted by Crippen LogP contribution is 2.15. The van der Waals surface area contributed by atoms with Crippen LogP contribution in [0.1, 0.15) is 59.8 Å². The largest absolute Gasteiger partial charge is 0.0776 e. The molecule has 0 aliphatic heterocycles. The van der Waals surface area contributed by atoms with Gasteiger partial charge < -0.3 is 0 Å². The third-order valence-corrected chi connectivity index (χ3v) is 1.35. The third kappa shape index (κ3) is 11.5. The highest BCUT2D eigenvalue weighted by Gasteiger charge is 1.95. The summed E-state index contributed by atoms with van der Waals surface area (Å²) in [5.74, 6) is 0. The average Bonchev–Trinajstić information content (AvgIpc) is 1.95. The Morgan fingerprint density at radius 2 is 0.444 bits per heavy atom. The monoisotopic (exact) mass is 130 g/mol. The fraction of sp³-hybridized carbons (Fsp3) is 1.00. The Balaban J connectivity index is 0. The Morgan fingerprint density at radius 3 is 0.444 bits per heavy atom. The van der Waals surface area contributed by atoms with Crippen LogP contribution in [0.3, 0.4) is 0 Å². The van der Waals surface area contributed by atoms with E-state index < -0.39 is 0 Å². The van der Waals surface area contributed by atoms with Crippen molar-refractivity contribution in [3.63, 3.8) is 0 Å². The Morgan fingerprint density at radius 1 is 0.333 bits per heavy atom. The molecular weight excluding hydrogens is 108 g/mol. The maximum Gasteiger partial charge on any atom is -0.0533 e. The highest BCUT2D eigenvalue weighted by atomic mass is 14.0. The van der Waals surface area contributed by atoms with E-state index in [1.165, 1.54) is 44.9 Å². The minimum atomic E-state index is 0. The minimum absolute atomic E-state index is 0. The lowest BCUT2D eigenvalue weighted by molar-refractivity contribution is 0.504. The van der Waals surface area contributed by atoms with E-state index in [2.05, 4.69) is 0 Å². The Bertz CT molecular complexity index is 26.5. The van der Waals surface area contributed by atoms with Gasteiger partial charge in [0.25, 0.3) is 0 Å². The summed E-state index contributed by atoms with van der Waals surface area (Å²) in [5.41, 5.74) is 0. The first-order valence-electron chi connectivity index (χ1n) is 3.50. The lowest BCUT2D eigenvalue weighted by Crippen LogP contribution is -1.85. The zero-order valence-electron chi connectivity index (χ0n) is 4.95. The quantitative estimate of drug-likeness (QED) is 0.465. The van der Waals surface area contributed by atoms with E-state index in [4.69, 9.17) is 0 Å². The number of rotatable bonds is 0. The third-order valence-electron chi connectivity index (χ3n) is 1.35. The predicted octanol–water partition coefficient (Wildman–Crippen LogP) is 4.00. The fourth-order valence-electron chi connectivity index (χ4n) is 0.250. The van der Waals surface area contributed by atoms with E-state index >= 15 is 0 Å². The molecule has 0 heteroatoms. The average molecular weight is 130 g/mol. The first kappa shape index (κ1) is 11.8. The molecule has 9 heavy (non-hydrogen) atoms.